The molecule has 1 saturated carbocycles. The maximum Gasteiger partial charge on any atom is 0.246 e. The Hall–Kier alpha value is -1.57. The Morgan fingerprint density at radius 2 is 1.85 bits per heavy atom. The van der Waals surface area contributed by atoms with Gasteiger partial charge in [-0.1, -0.05) is 17.7 Å². The summed E-state index contributed by atoms with van der Waals surface area (Å²) in [6, 6.07) is 7.32. The van der Waals surface area contributed by atoms with Gasteiger partial charge in [-0.05, 0) is 51.2 Å². The molecule has 2 aliphatic heterocycles. The SMILES string of the molecule is CNC(=O)C1CCN(C(=O)[C@H]2[C@@H](C3CC3)N2[S+]([O-])c2ccc(C)cc2)C1C. The van der Waals surface area contributed by atoms with Crippen LogP contribution >= 0.6 is 0 Å². The molecule has 146 valence electrons. The second-order valence-corrected chi connectivity index (χ2v) is 9.37. The van der Waals surface area contributed by atoms with E-state index in [0.717, 1.165) is 23.3 Å². The second kappa shape index (κ2) is 7.11. The van der Waals surface area contributed by atoms with Crippen LogP contribution in [0.2, 0.25) is 0 Å². The fourth-order valence-corrected chi connectivity index (χ4v) is 5.82. The van der Waals surface area contributed by atoms with Crippen LogP contribution in [-0.2, 0) is 21.0 Å². The maximum atomic E-state index is 13.2. The minimum absolute atomic E-state index is 0.00701. The third-order valence-corrected chi connectivity index (χ3v) is 7.72. The molecular formula is C20H27N3O3S. The highest BCUT2D eigenvalue weighted by Crippen LogP contribution is 2.50. The Morgan fingerprint density at radius 3 is 2.44 bits per heavy atom. The van der Waals surface area contributed by atoms with Crippen molar-refractivity contribution in [1.82, 2.24) is 14.5 Å². The van der Waals surface area contributed by atoms with Gasteiger partial charge in [-0.3, -0.25) is 9.59 Å². The van der Waals surface area contributed by atoms with E-state index in [-0.39, 0.29) is 35.9 Å². The Bertz CT molecular complexity index is 736. The van der Waals surface area contributed by atoms with E-state index >= 15 is 0 Å². The summed E-state index contributed by atoms with van der Waals surface area (Å²) in [5.41, 5.74) is 1.12. The fraction of sp³-hybridized carbons (Fsp3) is 0.600. The molecule has 6 nitrogen and oxygen atoms in total. The van der Waals surface area contributed by atoms with Crippen molar-refractivity contribution < 1.29 is 14.1 Å². The molecule has 1 aromatic carbocycles. The van der Waals surface area contributed by atoms with Crippen LogP contribution < -0.4 is 5.32 Å². The van der Waals surface area contributed by atoms with Crippen LogP contribution in [0, 0.1) is 18.8 Å². The number of nitrogens with one attached hydrogen (secondary N) is 1. The Labute approximate surface area is 163 Å². The third kappa shape index (κ3) is 3.37. The zero-order valence-electron chi connectivity index (χ0n) is 16.1. The molecule has 6 atom stereocenters. The Morgan fingerprint density at radius 1 is 1.19 bits per heavy atom. The van der Waals surface area contributed by atoms with E-state index in [0.29, 0.717) is 18.9 Å². The molecule has 4 rings (SSSR count). The minimum Gasteiger partial charge on any atom is -0.593 e. The molecule has 0 radical (unpaired) electrons. The average Bonchev–Trinajstić information content (AvgIpc) is 3.56. The molecule has 0 spiro atoms. The number of rotatable bonds is 5. The lowest BCUT2D eigenvalue weighted by Gasteiger charge is -2.24. The molecule has 2 heterocycles. The van der Waals surface area contributed by atoms with E-state index in [1.165, 1.54) is 0 Å². The third-order valence-electron chi connectivity index (χ3n) is 6.20. The molecule has 2 amide bonds. The Balaban J connectivity index is 1.49. The number of nitrogens with zero attached hydrogens (tertiary/aromatic N) is 2. The first kappa shape index (κ1) is 18.8. The molecule has 4 unspecified atom stereocenters. The van der Waals surface area contributed by atoms with Crippen molar-refractivity contribution in [2.24, 2.45) is 11.8 Å². The quantitative estimate of drug-likeness (QED) is 0.611. The van der Waals surface area contributed by atoms with E-state index in [9.17, 15) is 14.1 Å². The van der Waals surface area contributed by atoms with Gasteiger partial charge in [0.25, 0.3) is 0 Å². The maximum absolute atomic E-state index is 13.2. The first-order valence-electron chi connectivity index (χ1n) is 9.73. The smallest absolute Gasteiger partial charge is 0.246 e. The van der Waals surface area contributed by atoms with Crippen molar-refractivity contribution >= 4 is 23.2 Å². The largest absolute Gasteiger partial charge is 0.593 e. The standard InChI is InChI=1S/C20H27N3O3S/c1-12-4-8-15(9-5-12)27(26)23-17(14-6-7-14)18(23)20(25)22-11-10-16(13(22)2)19(24)21-3/h4-5,8-9,13-14,16-18H,6-7,10-11H2,1-3H3,(H,21,24)/t13?,16?,17-,18-,23?,27?/m1/s1. The molecule has 3 aliphatic rings. The van der Waals surface area contributed by atoms with Crippen LogP contribution in [0.5, 0.6) is 0 Å². The van der Waals surface area contributed by atoms with E-state index in [1.807, 2.05) is 47.3 Å². The zero-order valence-corrected chi connectivity index (χ0v) is 16.9. The summed E-state index contributed by atoms with van der Waals surface area (Å²) in [4.78, 5) is 27.8. The van der Waals surface area contributed by atoms with E-state index < -0.39 is 11.4 Å². The van der Waals surface area contributed by atoms with Crippen LogP contribution in [-0.4, -0.2) is 57.3 Å². The normalized spacial score (nSPS) is 33.6. The Kier molecular flexibility index (Phi) is 4.94. The van der Waals surface area contributed by atoms with Crippen molar-refractivity contribution in [3.8, 4) is 0 Å². The van der Waals surface area contributed by atoms with Crippen LogP contribution in [0.3, 0.4) is 0 Å². The summed E-state index contributed by atoms with van der Waals surface area (Å²) >= 11 is -1.32. The molecule has 27 heavy (non-hydrogen) atoms. The van der Waals surface area contributed by atoms with Gasteiger partial charge in [0.15, 0.2) is 10.9 Å². The summed E-state index contributed by atoms with van der Waals surface area (Å²) in [5, 5.41) is 2.70. The highest BCUT2D eigenvalue weighted by molar-refractivity contribution is 7.89. The molecule has 3 fully saturated rings. The molecule has 7 heteroatoms. The van der Waals surface area contributed by atoms with E-state index in [2.05, 4.69) is 5.32 Å². The van der Waals surface area contributed by atoms with Crippen LogP contribution in [0.4, 0.5) is 0 Å². The monoisotopic (exact) mass is 389 g/mol. The number of carbonyl (C=O) groups is 2. The van der Waals surface area contributed by atoms with Crippen LogP contribution in [0.25, 0.3) is 0 Å². The van der Waals surface area contributed by atoms with Crippen LogP contribution in [0.1, 0.15) is 31.7 Å². The van der Waals surface area contributed by atoms with E-state index in [4.69, 9.17) is 0 Å². The number of likely N-dealkylation sites (tertiary alicyclic amines) is 1. The van der Waals surface area contributed by atoms with Gasteiger partial charge in [0.1, 0.15) is 0 Å². The van der Waals surface area contributed by atoms with Gasteiger partial charge in [0.2, 0.25) is 11.8 Å². The zero-order chi connectivity index (χ0) is 19.3. The molecule has 2 saturated heterocycles. The lowest BCUT2D eigenvalue weighted by Crippen LogP contribution is -2.43. The predicted molar refractivity (Wildman–Crippen MR) is 103 cm³/mol. The fourth-order valence-electron chi connectivity index (χ4n) is 4.33. The van der Waals surface area contributed by atoms with Gasteiger partial charge in [-0.25, -0.2) is 0 Å². The van der Waals surface area contributed by atoms with Gasteiger partial charge in [-0.2, -0.15) is 0 Å². The van der Waals surface area contributed by atoms with Crippen molar-refractivity contribution in [3.05, 3.63) is 29.8 Å². The summed E-state index contributed by atoms with van der Waals surface area (Å²) < 4.78 is 15.0. The first-order chi connectivity index (χ1) is 12.9. The lowest BCUT2D eigenvalue weighted by molar-refractivity contribution is -0.133. The number of benzene rings is 1. The van der Waals surface area contributed by atoms with Gasteiger partial charge in [0, 0.05) is 19.6 Å². The lowest BCUT2D eigenvalue weighted by atomic mass is 10.0. The predicted octanol–water partition coefficient (Wildman–Crippen LogP) is 1.46. The van der Waals surface area contributed by atoms with Gasteiger partial charge < -0.3 is 14.8 Å². The molecular weight excluding hydrogens is 362 g/mol. The molecule has 0 bridgehead atoms. The highest BCUT2D eigenvalue weighted by atomic mass is 32.2. The molecule has 0 aromatic heterocycles. The van der Waals surface area contributed by atoms with Crippen molar-refractivity contribution in [3.63, 3.8) is 0 Å². The first-order valence-corrected chi connectivity index (χ1v) is 10.8. The average molecular weight is 390 g/mol. The number of aryl methyl sites for hydroxylation is 1. The highest BCUT2D eigenvalue weighted by Gasteiger charge is 2.67. The number of hydrogen-bond acceptors (Lipinski definition) is 4. The number of amides is 2. The van der Waals surface area contributed by atoms with Crippen molar-refractivity contribution in [1.29, 1.82) is 0 Å². The minimum atomic E-state index is -1.32. The summed E-state index contributed by atoms with van der Waals surface area (Å²) in [7, 11) is 1.63. The summed E-state index contributed by atoms with van der Waals surface area (Å²) in [5.74, 6) is 0.341. The number of carbonyl (C=O) groups excluding carboxylic acids is 2. The molecule has 1 N–H and O–H groups in total. The van der Waals surface area contributed by atoms with Gasteiger partial charge in [-0.15, -0.1) is 4.31 Å². The van der Waals surface area contributed by atoms with Crippen LogP contribution in [0.15, 0.2) is 29.2 Å². The van der Waals surface area contributed by atoms with Gasteiger partial charge in [0.05, 0.1) is 23.3 Å². The summed E-state index contributed by atoms with van der Waals surface area (Å²) in [6.45, 7) is 4.54. The van der Waals surface area contributed by atoms with Crippen molar-refractivity contribution in [2.75, 3.05) is 13.6 Å². The second-order valence-electron chi connectivity index (χ2n) is 7.98. The van der Waals surface area contributed by atoms with Gasteiger partial charge >= 0.3 is 0 Å². The van der Waals surface area contributed by atoms with Crippen molar-refractivity contribution in [2.45, 2.75) is 56.1 Å². The van der Waals surface area contributed by atoms with E-state index in [1.54, 1.807) is 7.05 Å². The topological polar surface area (TPSA) is 75.5 Å². The number of hydrogen-bond donors (Lipinski definition) is 1. The molecule has 1 aromatic rings. The molecule has 1 aliphatic carbocycles. The summed E-state index contributed by atoms with van der Waals surface area (Å²) in [6.07, 6.45) is 2.90.